The largest absolute Gasteiger partial charge is 0.286 e. The predicted molar refractivity (Wildman–Crippen MR) is 43.8 cm³/mol. The minimum absolute atomic E-state index is 0.571. The first-order valence-corrected chi connectivity index (χ1v) is 3.18. The summed E-state index contributed by atoms with van der Waals surface area (Å²) in [6.45, 7) is 3.72. The van der Waals surface area contributed by atoms with Crippen molar-refractivity contribution >= 4 is 17.8 Å². The summed E-state index contributed by atoms with van der Waals surface area (Å²) in [6, 6.07) is 0. The SMILES string of the molecule is C=C1/C=C\N/N=C\C(Cl)=C/1. The van der Waals surface area contributed by atoms with E-state index in [1.54, 1.807) is 18.4 Å². The van der Waals surface area contributed by atoms with Gasteiger partial charge >= 0.3 is 0 Å². The van der Waals surface area contributed by atoms with Gasteiger partial charge in [0, 0.05) is 6.20 Å². The van der Waals surface area contributed by atoms with Gasteiger partial charge in [-0.25, -0.2) is 0 Å². The fourth-order valence-electron chi connectivity index (χ4n) is 0.549. The number of hydrazone groups is 1. The Balaban J connectivity index is 2.85. The molecule has 1 aliphatic rings. The number of hydrogen-bond acceptors (Lipinski definition) is 2. The van der Waals surface area contributed by atoms with Gasteiger partial charge in [0.15, 0.2) is 0 Å². The number of allylic oxidation sites excluding steroid dienone is 4. The van der Waals surface area contributed by atoms with Gasteiger partial charge in [-0.05, 0) is 17.7 Å². The molecule has 3 heteroatoms. The van der Waals surface area contributed by atoms with Crippen LogP contribution in [0.4, 0.5) is 0 Å². The van der Waals surface area contributed by atoms with Gasteiger partial charge in [0.2, 0.25) is 0 Å². The van der Waals surface area contributed by atoms with Gasteiger partial charge in [-0.15, -0.1) is 0 Å². The summed E-state index contributed by atoms with van der Waals surface area (Å²) in [7, 11) is 0. The van der Waals surface area contributed by atoms with E-state index in [1.165, 1.54) is 6.21 Å². The number of nitrogens with zero attached hydrogens (tertiary/aromatic N) is 1. The summed E-state index contributed by atoms with van der Waals surface area (Å²) >= 11 is 5.67. The normalized spacial score (nSPS) is 28.9. The van der Waals surface area contributed by atoms with Crippen LogP contribution in [-0.4, -0.2) is 6.21 Å². The van der Waals surface area contributed by atoms with Gasteiger partial charge in [-0.1, -0.05) is 18.2 Å². The summed E-state index contributed by atoms with van der Waals surface area (Å²) in [5.74, 6) is 0. The molecule has 0 saturated heterocycles. The summed E-state index contributed by atoms with van der Waals surface area (Å²) in [5.41, 5.74) is 3.50. The molecule has 0 aromatic heterocycles. The van der Waals surface area contributed by atoms with Crippen molar-refractivity contribution in [3.8, 4) is 0 Å². The van der Waals surface area contributed by atoms with Crippen LogP contribution in [0.15, 0.2) is 40.6 Å². The van der Waals surface area contributed by atoms with Crippen molar-refractivity contribution in [1.82, 2.24) is 5.43 Å². The van der Waals surface area contributed by atoms with Crippen LogP contribution in [0.2, 0.25) is 0 Å². The van der Waals surface area contributed by atoms with Crippen LogP contribution in [0.1, 0.15) is 0 Å². The molecule has 0 saturated carbocycles. The highest BCUT2D eigenvalue weighted by Crippen LogP contribution is 2.05. The molecule has 0 aliphatic carbocycles. The second kappa shape index (κ2) is 3.22. The predicted octanol–water partition coefficient (Wildman–Crippen LogP) is 1.77. The zero-order chi connectivity index (χ0) is 7.40. The Hall–Kier alpha value is -1.02. The lowest BCUT2D eigenvalue weighted by Gasteiger charge is -1.96. The summed E-state index contributed by atoms with van der Waals surface area (Å²) in [5, 5.41) is 4.31. The summed E-state index contributed by atoms with van der Waals surface area (Å²) in [4.78, 5) is 0. The first-order valence-electron chi connectivity index (χ1n) is 2.80. The molecule has 0 radical (unpaired) electrons. The molecule has 1 aliphatic heterocycles. The third-order valence-electron chi connectivity index (χ3n) is 0.958. The molecular formula is C7H7ClN2. The van der Waals surface area contributed by atoms with Crippen LogP contribution in [0, 0.1) is 0 Å². The molecule has 0 aromatic rings. The van der Waals surface area contributed by atoms with E-state index in [1.807, 2.05) is 0 Å². The zero-order valence-corrected chi connectivity index (χ0v) is 6.10. The lowest BCUT2D eigenvalue weighted by Crippen LogP contribution is -1.95. The quantitative estimate of drug-likeness (QED) is 0.565. The Morgan fingerprint density at radius 2 is 2.40 bits per heavy atom. The standard InChI is InChI=1S/C7H7ClN2/c1-6-2-3-9-10-5-7(8)4-6/h2-5,9H,1H2/b3-2-,7-4+,10-5-. The lowest BCUT2D eigenvalue weighted by molar-refractivity contribution is 0.973. The third kappa shape index (κ3) is 2.07. The topological polar surface area (TPSA) is 24.4 Å². The highest BCUT2D eigenvalue weighted by Gasteiger charge is 1.89. The van der Waals surface area contributed by atoms with Gasteiger partial charge < -0.3 is 0 Å². The molecule has 0 aromatic carbocycles. The maximum atomic E-state index is 5.67. The Bertz CT molecular complexity index is 226. The van der Waals surface area contributed by atoms with Crippen molar-refractivity contribution in [3.63, 3.8) is 0 Å². The summed E-state index contributed by atoms with van der Waals surface area (Å²) in [6.07, 6.45) is 6.75. The summed E-state index contributed by atoms with van der Waals surface area (Å²) < 4.78 is 0. The fourth-order valence-corrected chi connectivity index (χ4v) is 0.738. The maximum Gasteiger partial charge on any atom is 0.0658 e. The molecule has 0 fully saturated rings. The van der Waals surface area contributed by atoms with E-state index in [-0.39, 0.29) is 0 Å². The average Bonchev–Trinajstić information content (AvgIpc) is 1.83. The van der Waals surface area contributed by atoms with E-state index < -0.39 is 0 Å². The third-order valence-corrected chi connectivity index (χ3v) is 1.16. The molecule has 0 spiro atoms. The van der Waals surface area contributed by atoms with Crippen molar-refractivity contribution in [3.05, 3.63) is 35.5 Å². The van der Waals surface area contributed by atoms with E-state index in [0.29, 0.717) is 5.03 Å². The van der Waals surface area contributed by atoms with Crippen LogP contribution in [0.3, 0.4) is 0 Å². The van der Waals surface area contributed by atoms with E-state index in [4.69, 9.17) is 11.6 Å². The number of hydrogen-bond donors (Lipinski definition) is 1. The first-order chi connectivity index (χ1) is 4.79. The number of nitrogens with one attached hydrogen (secondary N) is 1. The second-order valence-corrected chi connectivity index (χ2v) is 2.26. The highest BCUT2D eigenvalue weighted by atomic mass is 35.5. The van der Waals surface area contributed by atoms with E-state index in [9.17, 15) is 0 Å². The van der Waals surface area contributed by atoms with Gasteiger partial charge in [0.1, 0.15) is 0 Å². The molecule has 0 atom stereocenters. The second-order valence-electron chi connectivity index (χ2n) is 1.82. The average molecular weight is 155 g/mol. The van der Waals surface area contributed by atoms with Gasteiger partial charge in [0.05, 0.1) is 11.2 Å². The molecule has 0 unspecified atom stereocenters. The van der Waals surface area contributed by atoms with Crippen LogP contribution in [-0.2, 0) is 0 Å². The van der Waals surface area contributed by atoms with Crippen LogP contribution >= 0.6 is 11.6 Å². The molecule has 10 heavy (non-hydrogen) atoms. The molecule has 1 N–H and O–H groups in total. The fraction of sp³-hybridized carbons (Fsp3) is 0. The van der Waals surface area contributed by atoms with E-state index in [0.717, 1.165) is 5.57 Å². The Labute approximate surface area is 64.6 Å². The van der Waals surface area contributed by atoms with Gasteiger partial charge in [-0.3, -0.25) is 5.43 Å². The Morgan fingerprint density at radius 1 is 1.60 bits per heavy atom. The van der Waals surface area contributed by atoms with Crippen molar-refractivity contribution < 1.29 is 0 Å². The van der Waals surface area contributed by atoms with Crippen LogP contribution in [0.5, 0.6) is 0 Å². The van der Waals surface area contributed by atoms with Crippen molar-refractivity contribution in [1.29, 1.82) is 0 Å². The molecular weight excluding hydrogens is 148 g/mol. The minimum atomic E-state index is 0.571. The molecule has 1 rings (SSSR count). The van der Waals surface area contributed by atoms with Crippen LogP contribution < -0.4 is 5.43 Å². The van der Waals surface area contributed by atoms with Crippen LogP contribution in [0.25, 0.3) is 0 Å². The van der Waals surface area contributed by atoms with Gasteiger partial charge in [-0.2, -0.15) is 5.10 Å². The van der Waals surface area contributed by atoms with Crippen molar-refractivity contribution in [2.24, 2.45) is 5.10 Å². The molecule has 0 bridgehead atoms. The monoisotopic (exact) mass is 154 g/mol. The minimum Gasteiger partial charge on any atom is -0.286 e. The molecule has 1 heterocycles. The van der Waals surface area contributed by atoms with Crippen molar-refractivity contribution in [2.45, 2.75) is 0 Å². The van der Waals surface area contributed by atoms with E-state index in [2.05, 4.69) is 17.1 Å². The van der Waals surface area contributed by atoms with Crippen molar-refractivity contribution in [2.75, 3.05) is 0 Å². The first kappa shape index (κ1) is 7.09. The Morgan fingerprint density at radius 3 is 3.20 bits per heavy atom. The smallest absolute Gasteiger partial charge is 0.0658 e. The van der Waals surface area contributed by atoms with Gasteiger partial charge in [0.25, 0.3) is 0 Å². The molecule has 0 amide bonds. The molecule has 2 nitrogen and oxygen atoms in total. The Kier molecular flexibility index (Phi) is 2.29. The highest BCUT2D eigenvalue weighted by molar-refractivity contribution is 6.39. The number of rotatable bonds is 0. The lowest BCUT2D eigenvalue weighted by atomic mass is 10.3. The number of halogens is 1. The molecule has 52 valence electrons. The maximum absolute atomic E-state index is 5.67. The van der Waals surface area contributed by atoms with E-state index >= 15 is 0 Å². The zero-order valence-electron chi connectivity index (χ0n) is 5.34.